The molecule has 2 aromatic rings. The molecule has 0 saturated heterocycles. The second-order valence-electron chi connectivity index (χ2n) is 5.52. The zero-order valence-corrected chi connectivity index (χ0v) is 14.8. The van der Waals surface area contributed by atoms with Gasteiger partial charge in [-0.05, 0) is 49.4 Å². The van der Waals surface area contributed by atoms with E-state index in [0.717, 1.165) is 5.56 Å². The van der Waals surface area contributed by atoms with E-state index >= 15 is 0 Å². The van der Waals surface area contributed by atoms with Crippen molar-refractivity contribution in [1.29, 1.82) is 0 Å². The number of nitrogens with one attached hydrogen (secondary N) is 1. The largest absolute Gasteiger partial charge is 0.508 e. The number of rotatable bonds is 7. The summed E-state index contributed by atoms with van der Waals surface area (Å²) in [6.45, 7) is 1.37. The predicted molar refractivity (Wildman–Crippen MR) is 94.5 cm³/mol. The molecule has 0 saturated carbocycles. The van der Waals surface area contributed by atoms with Crippen LogP contribution in [0.5, 0.6) is 17.2 Å². The van der Waals surface area contributed by atoms with Gasteiger partial charge < -0.3 is 24.6 Å². The van der Waals surface area contributed by atoms with Crippen LogP contribution in [0.15, 0.2) is 42.5 Å². The zero-order chi connectivity index (χ0) is 19.1. The lowest BCUT2D eigenvalue weighted by molar-refractivity contribution is -0.124. The molecule has 0 radical (unpaired) electrons. The van der Waals surface area contributed by atoms with Gasteiger partial charge in [0.1, 0.15) is 17.2 Å². The van der Waals surface area contributed by atoms with Crippen LogP contribution in [-0.2, 0) is 9.53 Å². The molecule has 2 aromatic carbocycles. The molecule has 0 aliphatic heterocycles. The molecular formula is C19H21NO6. The van der Waals surface area contributed by atoms with Crippen molar-refractivity contribution in [3.8, 4) is 17.2 Å². The number of ether oxygens (including phenoxy) is 3. The van der Waals surface area contributed by atoms with Crippen LogP contribution < -0.4 is 14.8 Å². The highest BCUT2D eigenvalue weighted by Gasteiger charge is 2.17. The number of carbonyl (C=O) groups is 2. The van der Waals surface area contributed by atoms with Crippen molar-refractivity contribution in [2.75, 3.05) is 20.8 Å². The molecule has 0 aromatic heterocycles. The summed E-state index contributed by atoms with van der Waals surface area (Å²) in [5.74, 6) is 0.196. The van der Waals surface area contributed by atoms with E-state index in [4.69, 9.17) is 14.2 Å². The van der Waals surface area contributed by atoms with Crippen molar-refractivity contribution in [3.63, 3.8) is 0 Å². The third-order valence-corrected chi connectivity index (χ3v) is 3.72. The molecule has 1 amide bonds. The Kier molecular flexibility index (Phi) is 6.43. The van der Waals surface area contributed by atoms with Crippen LogP contribution in [0.25, 0.3) is 0 Å². The maximum atomic E-state index is 12.1. The predicted octanol–water partition coefficient (Wildman–Crippen LogP) is 2.44. The summed E-state index contributed by atoms with van der Waals surface area (Å²) < 4.78 is 15.5. The molecule has 0 bridgehead atoms. The Morgan fingerprint density at radius 2 is 1.77 bits per heavy atom. The molecule has 7 nitrogen and oxygen atoms in total. The van der Waals surface area contributed by atoms with Crippen LogP contribution in [0.4, 0.5) is 0 Å². The van der Waals surface area contributed by atoms with Gasteiger partial charge in [-0.15, -0.1) is 0 Å². The molecule has 0 heterocycles. The standard InChI is InChI=1S/C19H21NO6/c1-12(16-10-15(24-2)8-9-17(16)25-3)20-18(22)11-26-19(23)13-4-6-14(21)7-5-13/h4-10,12,21H,11H2,1-3H3,(H,20,22)/t12-/m0/s1. The second kappa shape index (κ2) is 8.75. The smallest absolute Gasteiger partial charge is 0.338 e. The first-order chi connectivity index (χ1) is 12.4. The minimum Gasteiger partial charge on any atom is -0.508 e. The summed E-state index contributed by atoms with van der Waals surface area (Å²) in [5.41, 5.74) is 0.989. The summed E-state index contributed by atoms with van der Waals surface area (Å²) in [5, 5.41) is 12.0. The number of amides is 1. The van der Waals surface area contributed by atoms with Crippen LogP contribution in [0, 0.1) is 0 Å². The van der Waals surface area contributed by atoms with E-state index in [1.165, 1.54) is 24.3 Å². The van der Waals surface area contributed by atoms with Crippen molar-refractivity contribution in [2.24, 2.45) is 0 Å². The Hall–Kier alpha value is -3.22. The molecule has 0 fully saturated rings. The quantitative estimate of drug-likeness (QED) is 0.738. The second-order valence-corrected chi connectivity index (χ2v) is 5.52. The van der Waals surface area contributed by atoms with E-state index in [0.29, 0.717) is 11.5 Å². The molecule has 138 valence electrons. The maximum Gasteiger partial charge on any atom is 0.338 e. The third-order valence-electron chi connectivity index (χ3n) is 3.72. The van der Waals surface area contributed by atoms with Crippen LogP contribution in [0.2, 0.25) is 0 Å². The van der Waals surface area contributed by atoms with Crippen LogP contribution in [0.3, 0.4) is 0 Å². The molecule has 7 heteroatoms. The van der Waals surface area contributed by atoms with Gasteiger partial charge in [-0.3, -0.25) is 4.79 Å². The van der Waals surface area contributed by atoms with E-state index in [1.54, 1.807) is 39.3 Å². The first kappa shape index (κ1) is 19.1. The van der Waals surface area contributed by atoms with Crippen LogP contribution in [0.1, 0.15) is 28.9 Å². The number of methoxy groups -OCH3 is 2. The van der Waals surface area contributed by atoms with E-state index < -0.39 is 18.5 Å². The molecule has 0 aliphatic carbocycles. The highest BCUT2D eigenvalue weighted by atomic mass is 16.5. The average molecular weight is 359 g/mol. The Bertz CT molecular complexity index is 772. The Morgan fingerprint density at radius 3 is 2.38 bits per heavy atom. The number of phenols is 1. The number of carbonyl (C=O) groups excluding carboxylic acids is 2. The first-order valence-corrected chi connectivity index (χ1v) is 7.92. The Labute approximate surface area is 151 Å². The van der Waals surface area contributed by atoms with Crippen molar-refractivity contribution in [1.82, 2.24) is 5.32 Å². The molecule has 2 N–H and O–H groups in total. The minimum absolute atomic E-state index is 0.0420. The highest BCUT2D eigenvalue weighted by Crippen LogP contribution is 2.29. The summed E-state index contributed by atoms with van der Waals surface area (Å²) in [6, 6.07) is 10.5. The summed E-state index contributed by atoms with van der Waals surface area (Å²) in [6.07, 6.45) is 0. The number of hydrogen-bond acceptors (Lipinski definition) is 6. The fourth-order valence-electron chi connectivity index (χ4n) is 2.35. The molecule has 0 aliphatic rings. The summed E-state index contributed by atoms with van der Waals surface area (Å²) in [4.78, 5) is 24.0. The van der Waals surface area contributed by atoms with Crippen molar-refractivity contribution >= 4 is 11.9 Å². The zero-order valence-electron chi connectivity index (χ0n) is 14.8. The number of aromatic hydroxyl groups is 1. The van der Waals surface area contributed by atoms with Gasteiger partial charge in [0.25, 0.3) is 5.91 Å². The molecule has 0 spiro atoms. The van der Waals surface area contributed by atoms with E-state index in [9.17, 15) is 14.7 Å². The number of phenolic OH excluding ortho intramolecular Hbond substituents is 1. The monoisotopic (exact) mass is 359 g/mol. The van der Waals surface area contributed by atoms with Crippen LogP contribution in [-0.4, -0.2) is 37.8 Å². The summed E-state index contributed by atoms with van der Waals surface area (Å²) in [7, 11) is 3.09. The lowest BCUT2D eigenvalue weighted by Crippen LogP contribution is -2.31. The van der Waals surface area contributed by atoms with E-state index in [-0.39, 0.29) is 17.4 Å². The highest BCUT2D eigenvalue weighted by molar-refractivity contribution is 5.91. The number of hydrogen-bond donors (Lipinski definition) is 2. The lowest BCUT2D eigenvalue weighted by Gasteiger charge is -2.18. The van der Waals surface area contributed by atoms with Gasteiger partial charge in [-0.25, -0.2) is 4.79 Å². The minimum atomic E-state index is -0.647. The third kappa shape index (κ3) is 4.89. The van der Waals surface area contributed by atoms with Gasteiger partial charge in [-0.1, -0.05) is 0 Å². The van der Waals surface area contributed by atoms with Gasteiger partial charge in [0.2, 0.25) is 0 Å². The SMILES string of the molecule is COc1ccc(OC)c([C@H](C)NC(=O)COC(=O)c2ccc(O)cc2)c1. The average Bonchev–Trinajstić information content (AvgIpc) is 2.66. The molecule has 26 heavy (non-hydrogen) atoms. The lowest BCUT2D eigenvalue weighted by atomic mass is 10.1. The fraction of sp³-hybridized carbons (Fsp3) is 0.263. The van der Waals surface area contributed by atoms with Crippen molar-refractivity contribution in [2.45, 2.75) is 13.0 Å². The Morgan fingerprint density at radius 1 is 1.08 bits per heavy atom. The topological polar surface area (TPSA) is 94.1 Å². The Balaban J connectivity index is 1.95. The number of esters is 1. The van der Waals surface area contributed by atoms with Gasteiger partial charge in [0, 0.05) is 5.56 Å². The van der Waals surface area contributed by atoms with Gasteiger partial charge >= 0.3 is 5.97 Å². The molecule has 2 rings (SSSR count). The molecule has 0 unspecified atom stereocenters. The normalized spacial score (nSPS) is 11.3. The molecule has 1 atom stereocenters. The first-order valence-electron chi connectivity index (χ1n) is 7.92. The van der Waals surface area contributed by atoms with Gasteiger partial charge in [0.15, 0.2) is 6.61 Å². The maximum absolute atomic E-state index is 12.1. The number of benzene rings is 2. The fourth-order valence-corrected chi connectivity index (χ4v) is 2.35. The van der Waals surface area contributed by atoms with Crippen molar-refractivity contribution in [3.05, 3.63) is 53.6 Å². The van der Waals surface area contributed by atoms with E-state index in [2.05, 4.69) is 5.32 Å². The van der Waals surface area contributed by atoms with Crippen LogP contribution >= 0.6 is 0 Å². The van der Waals surface area contributed by atoms with E-state index in [1.807, 2.05) is 0 Å². The van der Waals surface area contributed by atoms with Gasteiger partial charge in [-0.2, -0.15) is 0 Å². The summed E-state index contributed by atoms with van der Waals surface area (Å²) >= 11 is 0. The van der Waals surface area contributed by atoms with Crippen molar-refractivity contribution < 1.29 is 28.9 Å². The molecular weight excluding hydrogens is 338 g/mol. The van der Waals surface area contributed by atoms with Gasteiger partial charge in [0.05, 0.1) is 25.8 Å².